The number of H-pyrrole nitrogens is 1. The molecule has 0 aliphatic carbocycles. The second kappa shape index (κ2) is 9.56. The first kappa shape index (κ1) is 23.5. The molecule has 2 amide bonds. The lowest BCUT2D eigenvalue weighted by Gasteiger charge is -2.32. The SMILES string of the molecule is CC(C)S(=O)(=O)N1CCC(NC(=O)c2n[nH]cc2NC(=O)c2c(Cl)cccc2Cl)CC1. The molecule has 9 nitrogen and oxygen atoms in total. The van der Waals surface area contributed by atoms with Crippen molar-refractivity contribution in [3.63, 3.8) is 0 Å². The van der Waals surface area contributed by atoms with Gasteiger partial charge in [0, 0.05) is 25.3 Å². The summed E-state index contributed by atoms with van der Waals surface area (Å²) in [4.78, 5) is 25.3. The first-order valence-electron chi connectivity index (χ1n) is 9.70. The summed E-state index contributed by atoms with van der Waals surface area (Å²) in [5.74, 6) is -1.05. The Morgan fingerprint density at radius 1 is 1.16 bits per heavy atom. The molecule has 1 fully saturated rings. The van der Waals surface area contributed by atoms with Crippen LogP contribution in [-0.2, 0) is 10.0 Å². The molecule has 0 unspecified atom stereocenters. The predicted octanol–water partition coefficient (Wildman–Crippen LogP) is 2.90. The normalized spacial score (nSPS) is 15.8. The Bertz CT molecular complexity index is 1060. The van der Waals surface area contributed by atoms with E-state index in [1.165, 1.54) is 22.6 Å². The van der Waals surface area contributed by atoms with Crippen LogP contribution in [0.2, 0.25) is 10.0 Å². The van der Waals surface area contributed by atoms with Crippen LogP contribution in [0.4, 0.5) is 5.69 Å². The molecular formula is C19H23Cl2N5O4S. The fourth-order valence-corrected chi connectivity index (χ4v) is 5.15. The number of sulfonamides is 1. The van der Waals surface area contributed by atoms with Gasteiger partial charge in [-0.2, -0.15) is 5.10 Å². The van der Waals surface area contributed by atoms with Gasteiger partial charge in [0.05, 0.1) is 26.5 Å². The van der Waals surface area contributed by atoms with Gasteiger partial charge in [-0.05, 0) is 38.8 Å². The molecule has 0 radical (unpaired) electrons. The first-order valence-corrected chi connectivity index (χ1v) is 12.0. The fraction of sp³-hybridized carbons (Fsp3) is 0.421. The molecule has 3 rings (SSSR count). The zero-order valence-corrected chi connectivity index (χ0v) is 19.3. The highest BCUT2D eigenvalue weighted by Crippen LogP contribution is 2.26. The second-order valence-corrected chi connectivity index (χ2v) is 10.7. The zero-order chi connectivity index (χ0) is 22.8. The van der Waals surface area contributed by atoms with E-state index in [1.807, 2.05) is 0 Å². The van der Waals surface area contributed by atoms with E-state index in [0.29, 0.717) is 25.9 Å². The summed E-state index contributed by atoms with van der Waals surface area (Å²) in [6.45, 7) is 3.96. The Labute approximate surface area is 190 Å². The van der Waals surface area contributed by atoms with Crippen molar-refractivity contribution in [3.8, 4) is 0 Å². The maximum atomic E-state index is 12.7. The Hall–Kier alpha value is -2.14. The van der Waals surface area contributed by atoms with Gasteiger partial charge in [0.15, 0.2) is 5.69 Å². The van der Waals surface area contributed by atoms with Crippen molar-refractivity contribution in [2.75, 3.05) is 18.4 Å². The van der Waals surface area contributed by atoms with E-state index >= 15 is 0 Å². The van der Waals surface area contributed by atoms with Crippen LogP contribution in [0.25, 0.3) is 0 Å². The highest BCUT2D eigenvalue weighted by atomic mass is 35.5. The molecule has 168 valence electrons. The third-order valence-electron chi connectivity index (χ3n) is 5.04. The number of anilines is 1. The summed E-state index contributed by atoms with van der Waals surface area (Å²) >= 11 is 12.1. The van der Waals surface area contributed by atoms with Gasteiger partial charge in [-0.1, -0.05) is 29.3 Å². The molecule has 0 atom stereocenters. The van der Waals surface area contributed by atoms with Crippen LogP contribution in [0.3, 0.4) is 0 Å². The minimum Gasteiger partial charge on any atom is -0.348 e. The summed E-state index contributed by atoms with van der Waals surface area (Å²) < 4.78 is 26.0. The number of hydrogen-bond donors (Lipinski definition) is 3. The third-order valence-corrected chi connectivity index (χ3v) is 7.94. The van der Waals surface area contributed by atoms with Gasteiger partial charge in [-0.25, -0.2) is 12.7 Å². The maximum absolute atomic E-state index is 12.7. The van der Waals surface area contributed by atoms with Crippen LogP contribution in [0.15, 0.2) is 24.4 Å². The molecule has 1 aliphatic heterocycles. The van der Waals surface area contributed by atoms with E-state index < -0.39 is 27.1 Å². The van der Waals surface area contributed by atoms with Gasteiger partial charge in [0.1, 0.15) is 0 Å². The molecule has 2 heterocycles. The lowest BCUT2D eigenvalue weighted by Crippen LogP contribution is -2.48. The summed E-state index contributed by atoms with van der Waals surface area (Å²) in [6.07, 6.45) is 2.35. The van der Waals surface area contributed by atoms with Crippen molar-refractivity contribution in [1.82, 2.24) is 19.8 Å². The number of nitrogens with zero attached hydrogens (tertiary/aromatic N) is 2. The number of halogens is 2. The maximum Gasteiger partial charge on any atom is 0.274 e. The summed E-state index contributed by atoms with van der Waals surface area (Å²) in [7, 11) is -3.31. The molecule has 1 saturated heterocycles. The Balaban J connectivity index is 1.64. The van der Waals surface area contributed by atoms with E-state index in [0.717, 1.165) is 0 Å². The van der Waals surface area contributed by atoms with Gasteiger partial charge >= 0.3 is 0 Å². The van der Waals surface area contributed by atoms with E-state index in [2.05, 4.69) is 20.8 Å². The molecule has 0 saturated carbocycles. The first-order chi connectivity index (χ1) is 14.6. The van der Waals surface area contributed by atoms with Gasteiger partial charge in [-0.15, -0.1) is 0 Å². The van der Waals surface area contributed by atoms with Gasteiger partial charge in [0.2, 0.25) is 10.0 Å². The molecule has 1 aliphatic rings. The largest absolute Gasteiger partial charge is 0.348 e. The highest BCUT2D eigenvalue weighted by Gasteiger charge is 2.31. The van der Waals surface area contributed by atoms with Crippen LogP contribution in [-0.4, -0.2) is 59.1 Å². The van der Waals surface area contributed by atoms with Crippen LogP contribution in [0.5, 0.6) is 0 Å². The smallest absolute Gasteiger partial charge is 0.274 e. The molecule has 12 heteroatoms. The molecular weight excluding hydrogens is 465 g/mol. The number of carbonyl (C=O) groups is 2. The number of hydrogen-bond acceptors (Lipinski definition) is 5. The predicted molar refractivity (Wildman–Crippen MR) is 119 cm³/mol. The number of rotatable bonds is 6. The van der Waals surface area contributed by atoms with Crippen molar-refractivity contribution in [2.24, 2.45) is 0 Å². The molecule has 3 N–H and O–H groups in total. The molecule has 1 aromatic heterocycles. The van der Waals surface area contributed by atoms with E-state index in [-0.39, 0.29) is 33.0 Å². The van der Waals surface area contributed by atoms with Crippen LogP contribution in [0, 0.1) is 0 Å². The number of aromatic amines is 1. The summed E-state index contributed by atoms with van der Waals surface area (Å²) in [5, 5.41) is 11.8. The number of nitrogens with one attached hydrogen (secondary N) is 3. The van der Waals surface area contributed by atoms with E-state index in [9.17, 15) is 18.0 Å². The van der Waals surface area contributed by atoms with Crippen LogP contribution >= 0.6 is 23.2 Å². The quantitative estimate of drug-likeness (QED) is 0.577. The average molecular weight is 488 g/mol. The number of benzene rings is 1. The average Bonchev–Trinajstić information content (AvgIpc) is 3.16. The van der Waals surface area contributed by atoms with Crippen molar-refractivity contribution >= 4 is 50.7 Å². The Morgan fingerprint density at radius 3 is 2.35 bits per heavy atom. The van der Waals surface area contributed by atoms with Gasteiger partial charge in [-0.3, -0.25) is 14.7 Å². The van der Waals surface area contributed by atoms with Gasteiger partial charge < -0.3 is 10.6 Å². The van der Waals surface area contributed by atoms with Crippen molar-refractivity contribution in [1.29, 1.82) is 0 Å². The topological polar surface area (TPSA) is 124 Å². The van der Waals surface area contributed by atoms with Gasteiger partial charge in [0.25, 0.3) is 11.8 Å². The van der Waals surface area contributed by atoms with E-state index in [1.54, 1.807) is 19.9 Å². The Kier molecular flexibility index (Phi) is 7.25. The monoisotopic (exact) mass is 487 g/mol. The Morgan fingerprint density at radius 2 is 1.77 bits per heavy atom. The molecule has 0 spiro atoms. The van der Waals surface area contributed by atoms with Crippen LogP contribution in [0.1, 0.15) is 47.5 Å². The highest BCUT2D eigenvalue weighted by molar-refractivity contribution is 7.89. The van der Waals surface area contributed by atoms with Crippen molar-refractivity contribution in [3.05, 3.63) is 45.7 Å². The number of carbonyl (C=O) groups excluding carboxylic acids is 2. The fourth-order valence-electron chi connectivity index (χ4n) is 3.26. The lowest BCUT2D eigenvalue weighted by atomic mass is 10.1. The second-order valence-electron chi connectivity index (χ2n) is 7.44. The molecule has 1 aromatic carbocycles. The summed E-state index contributed by atoms with van der Waals surface area (Å²) in [6, 6.07) is 4.49. The van der Waals surface area contributed by atoms with Crippen molar-refractivity contribution in [2.45, 2.75) is 38.0 Å². The molecule has 2 aromatic rings. The lowest BCUT2D eigenvalue weighted by molar-refractivity contribution is 0.0919. The zero-order valence-electron chi connectivity index (χ0n) is 17.0. The molecule has 0 bridgehead atoms. The number of aromatic nitrogens is 2. The standard InChI is InChI=1S/C19H23Cl2N5O4S/c1-11(2)31(29,30)26-8-6-12(7-9-26)23-19(28)17-15(10-22-25-17)24-18(27)16-13(20)4-3-5-14(16)21/h3-5,10-12H,6-9H2,1-2H3,(H,22,25)(H,23,28)(H,24,27). The number of piperidine rings is 1. The number of amides is 2. The molecule has 31 heavy (non-hydrogen) atoms. The van der Waals surface area contributed by atoms with Crippen LogP contribution < -0.4 is 10.6 Å². The minimum absolute atomic E-state index is 0.00811. The minimum atomic E-state index is -3.31. The third kappa shape index (κ3) is 5.20. The van der Waals surface area contributed by atoms with Crippen molar-refractivity contribution < 1.29 is 18.0 Å². The van der Waals surface area contributed by atoms with E-state index in [4.69, 9.17) is 23.2 Å². The summed E-state index contributed by atoms with van der Waals surface area (Å²) in [5.41, 5.74) is 0.282.